The van der Waals surface area contributed by atoms with Gasteiger partial charge in [0.25, 0.3) is 0 Å². The van der Waals surface area contributed by atoms with Crippen LogP contribution in [-0.4, -0.2) is 42.3 Å². The van der Waals surface area contributed by atoms with Gasteiger partial charge in [0.05, 0.1) is 0 Å². The van der Waals surface area contributed by atoms with Crippen LogP contribution in [0.25, 0.3) is 0 Å². The fourth-order valence-corrected chi connectivity index (χ4v) is 3.46. The van der Waals surface area contributed by atoms with Gasteiger partial charge in [-0.25, -0.2) is 4.39 Å². The molecule has 1 heterocycles. The van der Waals surface area contributed by atoms with Gasteiger partial charge < -0.3 is 9.80 Å². The molecule has 1 fully saturated rings. The fraction of sp³-hybridized carbons (Fsp3) is 0.278. The minimum Gasteiger partial charge on any atom is -0.368 e. The molecule has 23 heavy (non-hydrogen) atoms. The number of hydrogen-bond acceptors (Lipinski definition) is 3. The third-order valence-corrected chi connectivity index (χ3v) is 5.33. The second-order valence-corrected chi connectivity index (χ2v) is 6.75. The number of piperazine rings is 1. The van der Waals surface area contributed by atoms with Gasteiger partial charge in [-0.15, -0.1) is 11.8 Å². The average Bonchev–Trinajstić information content (AvgIpc) is 2.62. The van der Waals surface area contributed by atoms with E-state index in [2.05, 4.69) is 40.3 Å². The molecule has 1 aliphatic rings. The predicted octanol–water partition coefficient (Wildman–Crippen LogP) is 4.05. The summed E-state index contributed by atoms with van der Waals surface area (Å²) in [5.41, 5.74) is 2.18. The van der Waals surface area contributed by atoms with Crippen LogP contribution in [0, 0.1) is 5.82 Å². The molecule has 2 aromatic carbocycles. The summed E-state index contributed by atoms with van der Waals surface area (Å²) in [4.78, 5) is 6.69. The van der Waals surface area contributed by atoms with Crippen molar-refractivity contribution in [3.05, 3.63) is 59.9 Å². The van der Waals surface area contributed by atoms with Gasteiger partial charge >= 0.3 is 0 Å². The Balaban J connectivity index is 1.61. The molecular weight excluding hydrogens is 327 g/mol. The van der Waals surface area contributed by atoms with Crippen molar-refractivity contribution in [2.45, 2.75) is 4.90 Å². The average molecular weight is 346 g/mol. The van der Waals surface area contributed by atoms with E-state index >= 15 is 0 Å². The number of rotatable bonds is 3. The third-order valence-electron chi connectivity index (χ3n) is 4.10. The van der Waals surface area contributed by atoms with Gasteiger partial charge in [0.2, 0.25) is 0 Å². The molecule has 3 rings (SSSR count). The van der Waals surface area contributed by atoms with E-state index in [1.807, 2.05) is 12.1 Å². The Bertz CT molecular complexity index is 662. The van der Waals surface area contributed by atoms with E-state index in [0.717, 1.165) is 42.4 Å². The molecule has 0 atom stereocenters. The van der Waals surface area contributed by atoms with E-state index in [0.29, 0.717) is 0 Å². The molecule has 0 aromatic heterocycles. The van der Waals surface area contributed by atoms with Gasteiger partial charge in [-0.2, -0.15) is 0 Å². The van der Waals surface area contributed by atoms with Crippen molar-refractivity contribution in [3.8, 4) is 0 Å². The lowest BCUT2D eigenvalue weighted by molar-refractivity contribution is 0.392. The van der Waals surface area contributed by atoms with Crippen LogP contribution in [-0.2, 0) is 0 Å². The molecule has 0 amide bonds. The summed E-state index contributed by atoms with van der Waals surface area (Å²) in [5.74, 6) is -0.192. The van der Waals surface area contributed by atoms with Crippen molar-refractivity contribution in [2.24, 2.45) is 0 Å². The molecule has 5 heteroatoms. The molecule has 2 nitrogen and oxygen atoms in total. The van der Waals surface area contributed by atoms with E-state index in [1.54, 1.807) is 11.8 Å². The van der Waals surface area contributed by atoms with E-state index in [9.17, 15) is 4.39 Å². The summed E-state index contributed by atoms with van der Waals surface area (Å²) in [6.45, 7) is 3.57. The molecular formula is C18H19FN2S2. The molecule has 1 aliphatic heterocycles. The minimum absolute atomic E-state index is 0.192. The summed E-state index contributed by atoms with van der Waals surface area (Å²) < 4.78 is 13.0. The SMILES string of the molecule is CSc1ccc(C(=S)N2CCN(c3ccc(F)cc3)CC2)cc1. The van der Waals surface area contributed by atoms with E-state index < -0.39 is 0 Å². The maximum atomic E-state index is 13.0. The Hall–Kier alpha value is -1.59. The van der Waals surface area contributed by atoms with Gasteiger partial charge in [-0.05, 0) is 42.7 Å². The summed E-state index contributed by atoms with van der Waals surface area (Å²) in [6.07, 6.45) is 2.07. The van der Waals surface area contributed by atoms with Crippen LogP contribution in [0.4, 0.5) is 10.1 Å². The summed E-state index contributed by atoms with van der Waals surface area (Å²) in [7, 11) is 0. The van der Waals surface area contributed by atoms with Gasteiger partial charge in [0, 0.05) is 42.3 Å². The third kappa shape index (κ3) is 3.85. The van der Waals surface area contributed by atoms with Crippen molar-refractivity contribution in [1.29, 1.82) is 0 Å². The maximum absolute atomic E-state index is 13.0. The first-order chi connectivity index (χ1) is 11.2. The van der Waals surface area contributed by atoms with E-state index in [1.165, 1.54) is 17.0 Å². The summed E-state index contributed by atoms with van der Waals surface area (Å²) in [6, 6.07) is 15.1. The first kappa shape index (κ1) is 16.3. The lowest BCUT2D eigenvalue weighted by Gasteiger charge is -2.37. The molecule has 0 radical (unpaired) electrons. The van der Waals surface area contributed by atoms with Gasteiger partial charge in [-0.3, -0.25) is 0 Å². The number of nitrogens with zero attached hydrogens (tertiary/aromatic N) is 2. The van der Waals surface area contributed by atoms with Crippen LogP contribution >= 0.6 is 24.0 Å². The highest BCUT2D eigenvalue weighted by Crippen LogP contribution is 2.20. The smallest absolute Gasteiger partial charge is 0.123 e. The van der Waals surface area contributed by atoms with Crippen LogP contribution in [0.3, 0.4) is 0 Å². The number of thioether (sulfide) groups is 1. The molecule has 0 unspecified atom stereocenters. The Kier molecular flexibility index (Phi) is 5.18. The Labute approximate surface area is 146 Å². The zero-order valence-corrected chi connectivity index (χ0v) is 14.7. The van der Waals surface area contributed by atoms with E-state index in [4.69, 9.17) is 12.2 Å². The highest BCUT2D eigenvalue weighted by atomic mass is 32.2. The number of hydrogen-bond donors (Lipinski definition) is 0. The Morgan fingerprint density at radius 3 is 2.13 bits per heavy atom. The fourth-order valence-electron chi connectivity index (χ4n) is 2.74. The standard InChI is InChI=1S/C18H19FN2S2/c1-23-17-8-2-14(3-9-17)18(22)21-12-10-20(11-13-21)16-6-4-15(19)5-7-16/h2-9H,10-13H2,1H3. The van der Waals surface area contributed by atoms with Crippen LogP contribution in [0.5, 0.6) is 0 Å². The highest BCUT2D eigenvalue weighted by Gasteiger charge is 2.20. The second kappa shape index (κ2) is 7.32. The monoisotopic (exact) mass is 346 g/mol. The van der Waals surface area contributed by atoms with Crippen LogP contribution < -0.4 is 4.90 Å². The normalized spacial score (nSPS) is 14.9. The molecule has 0 N–H and O–H groups in total. The topological polar surface area (TPSA) is 6.48 Å². The largest absolute Gasteiger partial charge is 0.368 e. The first-order valence-corrected chi connectivity index (χ1v) is 9.24. The van der Waals surface area contributed by atoms with Crippen LogP contribution in [0.15, 0.2) is 53.4 Å². The number of anilines is 1. The molecule has 1 saturated heterocycles. The Morgan fingerprint density at radius 1 is 0.957 bits per heavy atom. The Morgan fingerprint density at radius 2 is 1.57 bits per heavy atom. The molecule has 0 spiro atoms. The maximum Gasteiger partial charge on any atom is 0.123 e. The zero-order valence-electron chi connectivity index (χ0n) is 13.0. The first-order valence-electron chi connectivity index (χ1n) is 7.61. The predicted molar refractivity (Wildman–Crippen MR) is 100 cm³/mol. The van der Waals surface area contributed by atoms with Gasteiger partial charge in [-0.1, -0.05) is 24.4 Å². The minimum atomic E-state index is -0.192. The second-order valence-electron chi connectivity index (χ2n) is 5.48. The lowest BCUT2D eigenvalue weighted by atomic mass is 10.2. The highest BCUT2D eigenvalue weighted by molar-refractivity contribution is 7.98. The molecule has 120 valence electrons. The van der Waals surface area contributed by atoms with Crippen LogP contribution in [0.2, 0.25) is 0 Å². The summed E-state index contributed by atoms with van der Waals surface area (Å²) in [5, 5.41) is 0. The van der Waals surface area contributed by atoms with Crippen molar-refractivity contribution < 1.29 is 4.39 Å². The quantitative estimate of drug-likeness (QED) is 0.611. The van der Waals surface area contributed by atoms with Crippen molar-refractivity contribution in [3.63, 3.8) is 0 Å². The van der Waals surface area contributed by atoms with Crippen molar-refractivity contribution in [2.75, 3.05) is 37.3 Å². The van der Waals surface area contributed by atoms with Gasteiger partial charge in [0.1, 0.15) is 10.8 Å². The molecule has 0 saturated carbocycles. The molecule has 2 aromatic rings. The van der Waals surface area contributed by atoms with E-state index in [-0.39, 0.29) is 5.82 Å². The van der Waals surface area contributed by atoms with Crippen molar-refractivity contribution in [1.82, 2.24) is 4.90 Å². The van der Waals surface area contributed by atoms with Crippen molar-refractivity contribution >= 4 is 34.7 Å². The number of benzene rings is 2. The molecule has 0 bridgehead atoms. The van der Waals surface area contributed by atoms with Crippen LogP contribution in [0.1, 0.15) is 5.56 Å². The number of thiocarbonyl (C=S) groups is 1. The molecule has 0 aliphatic carbocycles. The number of halogens is 1. The van der Waals surface area contributed by atoms with Gasteiger partial charge in [0.15, 0.2) is 0 Å². The zero-order chi connectivity index (χ0) is 16.2. The summed E-state index contributed by atoms with van der Waals surface area (Å²) >= 11 is 7.38. The lowest BCUT2D eigenvalue weighted by Crippen LogP contribution is -2.48.